The molecule has 0 bridgehead atoms. The molecule has 3 rings (SSSR count). The molecule has 0 aliphatic carbocycles. The third-order valence-corrected chi connectivity index (χ3v) is 4.96. The van der Waals surface area contributed by atoms with Crippen LogP contribution in [-0.2, 0) is 0 Å². The van der Waals surface area contributed by atoms with E-state index in [0.717, 1.165) is 19.3 Å². The van der Waals surface area contributed by atoms with Gasteiger partial charge in [-0.1, -0.05) is 18.2 Å². The van der Waals surface area contributed by atoms with Crippen molar-refractivity contribution < 1.29 is 14.5 Å². The van der Waals surface area contributed by atoms with Gasteiger partial charge in [0.2, 0.25) is 0 Å². The second kappa shape index (κ2) is 8.21. The highest BCUT2D eigenvalue weighted by atomic mass is 16.6. The molecule has 2 aromatic rings. The summed E-state index contributed by atoms with van der Waals surface area (Å²) < 4.78 is 0. The molecule has 28 heavy (non-hydrogen) atoms. The van der Waals surface area contributed by atoms with Crippen LogP contribution in [-0.4, -0.2) is 48.7 Å². The van der Waals surface area contributed by atoms with E-state index >= 15 is 0 Å². The van der Waals surface area contributed by atoms with E-state index in [2.05, 4.69) is 0 Å². The Kier molecular flexibility index (Phi) is 5.73. The monoisotopic (exact) mass is 381 g/mol. The minimum atomic E-state index is -0.503. The van der Waals surface area contributed by atoms with Crippen molar-refractivity contribution in [1.82, 2.24) is 4.90 Å². The summed E-state index contributed by atoms with van der Waals surface area (Å²) in [7, 11) is 3.41. The first-order valence-corrected chi connectivity index (χ1v) is 9.29. The maximum Gasteiger partial charge on any atom is 0.293 e. The van der Waals surface area contributed by atoms with Crippen LogP contribution in [0.2, 0.25) is 0 Å². The van der Waals surface area contributed by atoms with Crippen molar-refractivity contribution in [2.75, 3.05) is 32.1 Å². The highest BCUT2D eigenvalue weighted by Crippen LogP contribution is 2.29. The summed E-state index contributed by atoms with van der Waals surface area (Å²) in [6.45, 7) is 1.37. The molecule has 1 aliphatic rings. The minimum Gasteiger partial charge on any atom is -0.372 e. The first-order chi connectivity index (χ1) is 13.4. The number of carbonyl (C=O) groups is 2. The number of hydrogen-bond donors (Lipinski definition) is 0. The van der Waals surface area contributed by atoms with Crippen LogP contribution in [0.1, 0.15) is 45.5 Å². The van der Waals surface area contributed by atoms with Gasteiger partial charge in [0.25, 0.3) is 11.6 Å². The quantitative estimate of drug-likeness (QED) is 0.449. The molecule has 1 aliphatic heterocycles. The average molecular weight is 381 g/mol. The molecule has 1 fully saturated rings. The van der Waals surface area contributed by atoms with Gasteiger partial charge in [-0.05, 0) is 37.5 Å². The fraction of sp³-hybridized carbons (Fsp3) is 0.333. The zero-order chi connectivity index (χ0) is 20.3. The summed E-state index contributed by atoms with van der Waals surface area (Å²) in [5.74, 6) is -0.558. The van der Waals surface area contributed by atoms with Gasteiger partial charge in [-0.2, -0.15) is 0 Å². The van der Waals surface area contributed by atoms with Crippen molar-refractivity contribution in [3.63, 3.8) is 0 Å². The Balaban J connectivity index is 1.98. The van der Waals surface area contributed by atoms with Crippen LogP contribution in [0.3, 0.4) is 0 Å². The van der Waals surface area contributed by atoms with Gasteiger partial charge in [0.05, 0.1) is 10.5 Å². The first kappa shape index (κ1) is 19.5. The van der Waals surface area contributed by atoms with Gasteiger partial charge >= 0.3 is 0 Å². The molecule has 0 N–H and O–H groups in total. The number of rotatable bonds is 5. The summed E-state index contributed by atoms with van der Waals surface area (Å²) >= 11 is 0. The molecule has 2 aromatic carbocycles. The largest absolute Gasteiger partial charge is 0.372 e. The number of carbonyl (C=O) groups excluding carboxylic acids is 2. The van der Waals surface area contributed by atoms with E-state index in [-0.39, 0.29) is 22.7 Å². The van der Waals surface area contributed by atoms with Crippen molar-refractivity contribution in [1.29, 1.82) is 0 Å². The molecule has 1 amide bonds. The molecule has 7 nitrogen and oxygen atoms in total. The lowest BCUT2D eigenvalue weighted by molar-refractivity contribution is -0.384. The molecule has 0 radical (unpaired) electrons. The second-order valence-electron chi connectivity index (χ2n) is 7.08. The van der Waals surface area contributed by atoms with Gasteiger partial charge < -0.3 is 9.80 Å². The number of likely N-dealkylation sites (tertiary alicyclic amines) is 1. The van der Waals surface area contributed by atoms with Gasteiger partial charge in [-0.15, -0.1) is 0 Å². The predicted octanol–water partition coefficient (Wildman–Crippen LogP) is 3.52. The smallest absolute Gasteiger partial charge is 0.293 e. The zero-order valence-electron chi connectivity index (χ0n) is 16.1. The van der Waals surface area contributed by atoms with Crippen molar-refractivity contribution >= 4 is 23.1 Å². The lowest BCUT2D eigenvalue weighted by Gasteiger charge is -2.27. The van der Waals surface area contributed by atoms with E-state index in [9.17, 15) is 19.7 Å². The summed E-state index contributed by atoms with van der Waals surface area (Å²) in [6, 6.07) is 11.1. The molecule has 0 aromatic heterocycles. The van der Waals surface area contributed by atoms with Crippen molar-refractivity contribution in [2.24, 2.45) is 0 Å². The van der Waals surface area contributed by atoms with Gasteiger partial charge in [-0.3, -0.25) is 19.7 Å². The number of ketones is 1. The number of nitro benzene ring substituents is 1. The number of piperidine rings is 1. The maximum absolute atomic E-state index is 13.1. The standard InChI is InChI=1S/C21H23N3O4/c1-22(2)18-11-10-15(14-19(18)24(27)28)20(25)16-8-4-5-9-17(16)21(26)23-12-6-3-7-13-23/h4-5,8-11,14H,3,6-7,12-13H2,1-2H3. The zero-order valence-corrected chi connectivity index (χ0v) is 16.1. The fourth-order valence-corrected chi connectivity index (χ4v) is 3.48. The minimum absolute atomic E-state index is 0.143. The van der Waals surface area contributed by atoms with Crippen molar-refractivity contribution in [3.8, 4) is 0 Å². The van der Waals surface area contributed by atoms with Gasteiger partial charge in [-0.25, -0.2) is 0 Å². The van der Waals surface area contributed by atoms with E-state index in [1.165, 1.54) is 6.07 Å². The van der Waals surface area contributed by atoms with E-state index in [1.54, 1.807) is 60.3 Å². The van der Waals surface area contributed by atoms with Crippen LogP contribution in [0.15, 0.2) is 42.5 Å². The van der Waals surface area contributed by atoms with Crippen LogP contribution in [0.5, 0.6) is 0 Å². The summed E-state index contributed by atoms with van der Waals surface area (Å²) in [4.78, 5) is 40.4. The topological polar surface area (TPSA) is 83.8 Å². The summed E-state index contributed by atoms with van der Waals surface area (Å²) in [5.41, 5.74) is 1.07. The maximum atomic E-state index is 13.1. The summed E-state index contributed by atoms with van der Waals surface area (Å²) in [5, 5.41) is 11.4. The molecular formula is C21H23N3O4. The van der Waals surface area contributed by atoms with Crippen LogP contribution < -0.4 is 4.90 Å². The third-order valence-electron chi connectivity index (χ3n) is 4.96. The van der Waals surface area contributed by atoms with Gasteiger partial charge in [0.15, 0.2) is 5.78 Å². The van der Waals surface area contributed by atoms with E-state index < -0.39 is 10.7 Å². The molecule has 7 heteroatoms. The Bertz CT molecular complexity index is 918. The second-order valence-corrected chi connectivity index (χ2v) is 7.08. The Labute approximate surface area is 163 Å². The van der Waals surface area contributed by atoms with Crippen LogP contribution in [0.4, 0.5) is 11.4 Å². The lowest BCUT2D eigenvalue weighted by atomic mass is 9.96. The predicted molar refractivity (Wildman–Crippen MR) is 107 cm³/mol. The van der Waals surface area contributed by atoms with Crippen LogP contribution >= 0.6 is 0 Å². The number of amides is 1. The highest BCUT2D eigenvalue weighted by molar-refractivity contribution is 6.15. The number of hydrogen-bond acceptors (Lipinski definition) is 5. The number of nitro groups is 1. The third kappa shape index (κ3) is 3.88. The number of nitrogens with zero attached hydrogens (tertiary/aromatic N) is 3. The Morgan fingerprint density at radius 1 is 1.00 bits per heavy atom. The van der Waals surface area contributed by atoms with Gasteiger partial charge in [0.1, 0.15) is 5.69 Å². The lowest BCUT2D eigenvalue weighted by Crippen LogP contribution is -2.36. The van der Waals surface area contributed by atoms with E-state index in [1.807, 2.05) is 0 Å². The Morgan fingerprint density at radius 3 is 2.25 bits per heavy atom. The fourth-order valence-electron chi connectivity index (χ4n) is 3.48. The Hall–Kier alpha value is -3.22. The average Bonchev–Trinajstić information content (AvgIpc) is 2.72. The first-order valence-electron chi connectivity index (χ1n) is 9.29. The van der Waals surface area contributed by atoms with Gasteiger partial charge in [0, 0.05) is 44.4 Å². The number of anilines is 1. The highest BCUT2D eigenvalue weighted by Gasteiger charge is 2.25. The molecule has 0 saturated carbocycles. The van der Waals surface area contributed by atoms with Crippen molar-refractivity contribution in [3.05, 3.63) is 69.3 Å². The molecular weight excluding hydrogens is 358 g/mol. The van der Waals surface area contributed by atoms with Crippen LogP contribution in [0.25, 0.3) is 0 Å². The van der Waals surface area contributed by atoms with Crippen LogP contribution in [0, 0.1) is 10.1 Å². The molecule has 0 atom stereocenters. The molecule has 146 valence electrons. The normalized spacial score (nSPS) is 13.9. The number of benzene rings is 2. The molecule has 0 spiro atoms. The summed E-state index contributed by atoms with van der Waals surface area (Å²) in [6.07, 6.45) is 3.02. The molecule has 1 saturated heterocycles. The van der Waals surface area contributed by atoms with E-state index in [4.69, 9.17) is 0 Å². The Morgan fingerprint density at radius 2 is 1.64 bits per heavy atom. The molecule has 0 unspecified atom stereocenters. The van der Waals surface area contributed by atoms with Crippen molar-refractivity contribution in [2.45, 2.75) is 19.3 Å². The SMILES string of the molecule is CN(C)c1ccc(C(=O)c2ccccc2C(=O)N2CCCCC2)cc1[N+](=O)[O-]. The van der Waals surface area contributed by atoms with E-state index in [0.29, 0.717) is 24.3 Å². The molecule has 1 heterocycles.